The highest BCUT2D eigenvalue weighted by Crippen LogP contribution is 2.40. The van der Waals surface area contributed by atoms with E-state index in [1.54, 1.807) is 0 Å². The summed E-state index contributed by atoms with van der Waals surface area (Å²) in [7, 11) is 0. The van der Waals surface area contributed by atoms with E-state index in [-0.39, 0.29) is 0 Å². The van der Waals surface area contributed by atoms with E-state index in [1.165, 1.54) is 141 Å². The van der Waals surface area contributed by atoms with Crippen LogP contribution in [0.1, 0.15) is 196 Å². The van der Waals surface area contributed by atoms with Gasteiger partial charge in [-0.15, -0.1) is 0 Å². The van der Waals surface area contributed by atoms with Crippen molar-refractivity contribution in [3.63, 3.8) is 0 Å². The molecule has 4 heteroatoms. The number of hydrogen-bond acceptors (Lipinski definition) is 4. The molecule has 0 aromatic carbocycles. The highest BCUT2D eigenvalue weighted by Gasteiger charge is 2.52. The molecule has 0 heterocycles. The van der Waals surface area contributed by atoms with Gasteiger partial charge in [-0.1, -0.05) is 155 Å². The van der Waals surface area contributed by atoms with Gasteiger partial charge in [-0.05, 0) is 40.5 Å². The van der Waals surface area contributed by atoms with Gasteiger partial charge in [0.05, 0.1) is 18.6 Å². The Kier molecular flexibility index (Phi) is 26.2. The Bertz CT molecular complexity index is 490. The van der Waals surface area contributed by atoms with Crippen molar-refractivity contribution in [2.45, 2.75) is 207 Å². The highest BCUT2D eigenvalue weighted by molar-refractivity contribution is 5.08. The monoisotopic (exact) mass is 583 g/mol. The lowest BCUT2D eigenvalue weighted by Gasteiger charge is -2.52. The summed E-state index contributed by atoms with van der Waals surface area (Å²) in [6, 6.07) is 0. The molecule has 4 nitrogen and oxygen atoms in total. The van der Waals surface area contributed by atoms with Crippen molar-refractivity contribution >= 4 is 0 Å². The van der Waals surface area contributed by atoms with Crippen LogP contribution in [0.5, 0.6) is 0 Å². The Morgan fingerprint density at radius 2 is 0.585 bits per heavy atom. The third-order valence-corrected chi connectivity index (χ3v) is 9.45. The maximum Gasteiger partial charge on any atom is 0.0579 e. The molecule has 41 heavy (non-hydrogen) atoms. The molecule has 0 rings (SSSR count). The molecule has 0 bridgehead atoms. The first kappa shape index (κ1) is 40.8. The zero-order valence-electron chi connectivity index (χ0n) is 29.3. The SMILES string of the molecule is CCCCCCCCCCCCCCOCC(COCCCCCCCCCCCCCC)(C(C)(C)N)C(C)(C)N. The van der Waals surface area contributed by atoms with Crippen molar-refractivity contribution in [3.8, 4) is 0 Å². The van der Waals surface area contributed by atoms with Gasteiger partial charge in [0.1, 0.15) is 0 Å². The van der Waals surface area contributed by atoms with Crippen molar-refractivity contribution in [1.82, 2.24) is 0 Å². The molecule has 0 saturated carbocycles. The Morgan fingerprint density at radius 1 is 0.366 bits per heavy atom. The Balaban J connectivity index is 4.11. The van der Waals surface area contributed by atoms with Crippen LogP contribution in [0.25, 0.3) is 0 Å². The van der Waals surface area contributed by atoms with E-state index < -0.39 is 16.5 Å². The summed E-state index contributed by atoms with van der Waals surface area (Å²) >= 11 is 0. The number of nitrogens with two attached hydrogens (primary N) is 2. The van der Waals surface area contributed by atoms with Gasteiger partial charge < -0.3 is 20.9 Å². The van der Waals surface area contributed by atoms with E-state index in [9.17, 15) is 0 Å². The molecule has 4 N–H and O–H groups in total. The Hall–Kier alpha value is -0.160. The molecule has 248 valence electrons. The predicted octanol–water partition coefficient (Wildman–Crippen LogP) is 10.9. The molecule has 0 spiro atoms. The van der Waals surface area contributed by atoms with Crippen LogP contribution < -0.4 is 11.5 Å². The first-order valence-corrected chi connectivity index (χ1v) is 18.4. The summed E-state index contributed by atoms with van der Waals surface area (Å²) in [5.41, 5.74) is 12.1. The van der Waals surface area contributed by atoms with Crippen LogP contribution in [-0.4, -0.2) is 37.5 Å². The molecule has 0 unspecified atom stereocenters. The van der Waals surface area contributed by atoms with Crippen LogP contribution in [0.15, 0.2) is 0 Å². The van der Waals surface area contributed by atoms with Crippen molar-refractivity contribution < 1.29 is 9.47 Å². The molecule has 0 saturated heterocycles. The molecule has 0 aliphatic rings. The van der Waals surface area contributed by atoms with Crippen LogP contribution in [0.2, 0.25) is 0 Å². The second-order valence-corrected chi connectivity index (χ2v) is 14.4. The largest absolute Gasteiger partial charge is 0.381 e. The minimum Gasteiger partial charge on any atom is -0.381 e. The van der Waals surface area contributed by atoms with E-state index in [1.807, 2.05) is 0 Å². The van der Waals surface area contributed by atoms with Crippen molar-refractivity contribution in [3.05, 3.63) is 0 Å². The highest BCUT2D eigenvalue weighted by atomic mass is 16.5. The van der Waals surface area contributed by atoms with E-state index in [0.717, 1.165) is 26.1 Å². The van der Waals surface area contributed by atoms with Gasteiger partial charge in [-0.3, -0.25) is 0 Å². The number of ether oxygens (including phenoxy) is 2. The lowest BCUT2D eigenvalue weighted by molar-refractivity contribution is -0.0942. The minimum atomic E-state index is -0.502. The quantitative estimate of drug-likeness (QED) is 0.0774. The second-order valence-electron chi connectivity index (χ2n) is 14.4. The molecule has 0 aliphatic carbocycles. The molecule has 0 aromatic rings. The summed E-state index contributed by atoms with van der Waals surface area (Å²) in [6.45, 7) is 15.6. The topological polar surface area (TPSA) is 70.5 Å². The smallest absolute Gasteiger partial charge is 0.0579 e. The maximum atomic E-state index is 6.77. The van der Waals surface area contributed by atoms with Crippen LogP contribution >= 0.6 is 0 Å². The van der Waals surface area contributed by atoms with E-state index in [0.29, 0.717) is 13.2 Å². The third kappa shape index (κ3) is 21.2. The summed E-state index contributed by atoms with van der Waals surface area (Å²) < 4.78 is 12.5. The van der Waals surface area contributed by atoms with Crippen molar-refractivity contribution in [1.29, 1.82) is 0 Å². The lowest BCUT2D eigenvalue weighted by atomic mass is 9.62. The van der Waals surface area contributed by atoms with Gasteiger partial charge in [0.25, 0.3) is 0 Å². The fourth-order valence-electron chi connectivity index (χ4n) is 6.20. The third-order valence-electron chi connectivity index (χ3n) is 9.45. The maximum absolute atomic E-state index is 6.77. The van der Waals surface area contributed by atoms with Gasteiger partial charge in [0.2, 0.25) is 0 Å². The summed E-state index contributed by atoms with van der Waals surface area (Å²) in [6.07, 6.45) is 32.5. The van der Waals surface area contributed by atoms with Crippen molar-refractivity contribution in [2.24, 2.45) is 16.9 Å². The van der Waals surface area contributed by atoms with Gasteiger partial charge in [0.15, 0.2) is 0 Å². The zero-order chi connectivity index (χ0) is 30.7. The van der Waals surface area contributed by atoms with Gasteiger partial charge in [-0.2, -0.15) is 0 Å². The van der Waals surface area contributed by atoms with Crippen LogP contribution in [0.4, 0.5) is 0 Å². The van der Waals surface area contributed by atoms with Crippen LogP contribution in [0, 0.1) is 5.41 Å². The molecular formula is C37H78N2O2. The average molecular weight is 583 g/mol. The summed E-state index contributed by atoms with van der Waals surface area (Å²) in [5, 5.41) is 0. The molecule has 0 fully saturated rings. The first-order chi connectivity index (χ1) is 19.6. The predicted molar refractivity (Wildman–Crippen MR) is 183 cm³/mol. The van der Waals surface area contributed by atoms with Gasteiger partial charge in [-0.25, -0.2) is 0 Å². The van der Waals surface area contributed by atoms with Crippen LogP contribution in [0.3, 0.4) is 0 Å². The lowest BCUT2D eigenvalue weighted by Crippen LogP contribution is -2.69. The molecule has 0 atom stereocenters. The van der Waals surface area contributed by atoms with Crippen molar-refractivity contribution in [2.75, 3.05) is 26.4 Å². The molecule has 0 aromatic heterocycles. The zero-order valence-corrected chi connectivity index (χ0v) is 29.3. The first-order valence-electron chi connectivity index (χ1n) is 18.4. The van der Waals surface area contributed by atoms with Gasteiger partial charge >= 0.3 is 0 Å². The number of unbranched alkanes of at least 4 members (excludes halogenated alkanes) is 22. The second kappa shape index (κ2) is 26.3. The Labute approximate surface area is 259 Å². The molecule has 0 radical (unpaired) electrons. The molecule has 0 aliphatic heterocycles. The average Bonchev–Trinajstić information content (AvgIpc) is 2.90. The van der Waals surface area contributed by atoms with Crippen LogP contribution in [-0.2, 0) is 9.47 Å². The number of hydrogen-bond donors (Lipinski definition) is 2. The van der Waals surface area contributed by atoms with E-state index in [4.69, 9.17) is 20.9 Å². The van der Waals surface area contributed by atoms with E-state index in [2.05, 4.69) is 41.5 Å². The standard InChI is InChI=1S/C37H78N2O2/c1-7-9-11-13-15-17-19-21-23-25-27-29-31-40-33-37(35(3,4)38,36(5,6)39)34-41-32-30-28-26-24-22-20-18-16-14-12-10-8-2/h7-34,38-39H2,1-6H3. The summed E-state index contributed by atoms with van der Waals surface area (Å²) in [4.78, 5) is 0. The minimum absolute atomic E-state index is 0.436. The van der Waals surface area contributed by atoms with E-state index >= 15 is 0 Å². The molecular weight excluding hydrogens is 504 g/mol. The van der Waals surface area contributed by atoms with Gasteiger partial charge in [0, 0.05) is 24.3 Å². The fourth-order valence-corrected chi connectivity index (χ4v) is 6.20. The molecule has 0 amide bonds. The summed E-state index contributed by atoms with van der Waals surface area (Å²) in [5.74, 6) is 0. The fraction of sp³-hybridized carbons (Fsp3) is 1.00. The Morgan fingerprint density at radius 3 is 0.805 bits per heavy atom. The number of rotatable bonds is 32. The normalized spacial score (nSPS) is 12.9.